The smallest absolute Gasteiger partial charge is 0.265 e. The molecular weight excluding hydrogens is 380 g/mol. The molecule has 1 aromatic heterocycles. The largest absolute Gasteiger partial charge is 0.383 e. The van der Waals surface area contributed by atoms with Crippen molar-refractivity contribution in [3.8, 4) is 0 Å². The second-order valence-electron chi connectivity index (χ2n) is 5.86. The Labute approximate surface area is 154 Å². The number of amides is 2. The zero-order chi connectivity index (χ0) is 18.9. The van der Waals surface area contributed by atoms with E-state index >= 15 is 0 Å². The molecular formula is C16H15ClN4O4S. The number of anilines is 2. The number of hydrogen-bond acceptors (Lipinski definition) is 6. The third-order valence-corrected chi connectivity index (χ3v) is 5.51. The maximum atomic E-state index is 12.4. The molecule has 26 heavy (non-hydrogen) atoms. The van der Waals surface area contributed by atoms with E-state index in [1.54, 1.807) is 24.3 Å². The first-order valence-electron chi connectivity index (χ1n) is 7.61. The number of sulfonamides is 1. The number of nitrogens with zero attached hydrogens (tertiary/aromatic N) is 1. The molecule has 2 heterocycles. The predicted octanol–water partition coefficient (Wildman–Crippen LogP) is 1.32. The number of nitrogens with two attached hydrogens (primary N) is 1. The van der Waals surface area contributed by atoms with Crippen LogP contribution in [0.3, 0.4) is 0 Å². The fourth-order valence-corrected chi connectivity index (χ4v) is 4.01. The number of aromatic nitrogens is 1. The lowest BCUT2D eigenvalue weighted by Gasteiger charge is -2.11. The van der Waals surface area contributed by atoms with Gasteiger partial charge in [-0.15, -0.1) is 0 Å². The molecule has 136 valence electrons. The Morgan fingerprint density at radius 2 is 1.96 bits per heavy atom. The summed E-state index contributed by atoms with van der Waals surface area (Å²) in [6.07, 6.45) is 1.82. The zero-order valence-corrected chi connectivity index (χ0v) is 15.0. The first-order valence-corrected chi connectivity index (χ1v) is 9.47. The van der Waals surface area contributed by atoms with E-state index in [4.69, 9.17) is 17.3 Å². The normalized spacial score (nSPS) is 17.2. The van der Waals surface area contributed by atoms with Crippen LogP contribution in [0.5, 0.6) is 0 Å². The highest BCUT2D eigenvalue weighted by atomic mass is 35.5. The second kappa shape index (κ2) is 6.93. The molecule has 1 aliphatic rings. The van der Waals surface area contributed by atoms with Crippen molar-refractivity contribution in [2.24, 2.45) is 5.92 Å². The number of halogens is 1. The summed E-state index contributed by atoms with van der Waals surface area (Å²) in [4.78, 5) is 26.3. The minimum absolute atomic E-state index is 0.152. The minimum Gasteiger partial charge on any atom is -0.383 e. The maximum Gasteiger partial charge on any atom is 0.265 e. The van der Waals surface area contributed by atoms with Crippen LogP contribution in [0.2, 0.25) is 5.02 Å². The van der Waals surface area contributed by atoms with Gasteiger partial charge in [0.05, 0.1) is 10.9 Å². The third-order valence-electron chi connectivity index (χ3n) is 3.89. The standard InChI is InChI=1S/C16H15ClN4O4S/c17-11-7-13(15(18)19-8-11)26(24,25)21-12-3-1-9(2-4-12)5-10-6-14(22)20-16(10)23/h1-4,7-8,10,21H,5-6H2,(H2,18,19)(H,20,22,23). The molecule has 3 rings (SSSR count). The Morgan fingerprint density at radius 1 is 1.27 bits per heavy atom. The highest BCUT2D eigenvalue weighted by Crippen LogP contribution is 2.24. The van der Waals surface area contributed by atoms with Crippen LogP contribution in [0, 0.1) is 5.92 Å². The molecule has 0 spiro atoms. The van der Waals surface area contributed by atoms with Gasteiger partial charge in [-0.2, -0.15) is 0 Å². The van der Waals surface area contributed by atoms with Crippen molar-refractivity contribution in [1.29, 1.82) is 0 Å². The van der Waals surface area contributed by atoms with Crippen LogP contribution >= 0.6 is 11.6 Å². The molecule has 0 aliphatic carbocycles. The van der Waals surface area contributed by atoms with Crippen molar-refractivity contribution in [1.82, 2.24) is 10.3 Å². The Kier molecular flexibility index (Phi) is 4.84. The summed E-state index contributed by atoms with van der Waals surface area (Å²) in [5.74, 6) is -1.13. The van der Waals surface area contributed by atoms with Crippen LogP contribution in [0.1, 0.15) is 12.0 Å². The summed E-state index contributed by atoms with van der Waals surface area (Å²) < 4.78 is 27.3. The summed E-state index contributed by atoms with van der Waals surface area (Å²) in [7, 11) is -3.95. The van der Waals surface area contributed by atoms with Crippen LogP contribution in [0.15, 0.2) is 41.4 Å². The van der Waals surface area contributed by atoms with Gasteiger partial charge in [0.15, 0.2) is 0 Å². The van der Waals surface area contributed by atoms with Gasteiger partial charge in [0.1, 0.15) is 10.7 Å². The molecule has 2 aromatic rings. The molecule has 1 saturated heterocycles. The monoisotopic (exact) mass is 394 g/mol. The van der Waals surface area contributed by atoms with Crippen LogP contribution in [-0.4, -0.2) is 25.2 Å². The Balaban J connectivity index is 1.74. The molecule has 2 amide bonds. The maximum absolute atomic E-state index is 12.4. The number of carbonyl (C=O) groups is 2. The summed E-state index contributed by atoms with van der Waals surface area (Å²) in [6, 6.07) is 7.72. The lowest BCUT2D eigenvalue weighted by molar-refractivity contribution is -0.125. The number of nitrogens with one attached hydrogen (secondary N) is 2. The molecule has 1 aliphatic heterocycles. The van der Waals surface area contributed by atoms with Crippen molar-refractivity contribution in [2.75, 3.05) is 10.5 Å². The number of imide groups is 1. The fourth-order valence-electron chi connectivity index (χ4n) is 2.62. The van der Waals surface area contributed by atoms with Gasteiger partial charge >= 0.3 is 0 Å². The first-order chi connectivity index (χ1) is 12.2. The first kappa shape index (κ1) is 18.2. The van der Waals surface area contributed by atoms with Gasteiger partial charge in [-0.1, -0.05) is 23.7 Å². The van der Waals surface area contributed by atoms with E-state index in [0.29, 0.717) is 12.1 Å². The molecule has 8 nitrogen and oxygen atoms in total. The average molecular weight is 395 g/mol. The lowest BCUT2D eigenvalue weighted by Crippen LogP contribution is -2.22. The highest BCUT2D eigenvalue weighted by molar-refractivity contribution is 7.92. The predicted molar refractivity (Wildman–Crippen MR) is 95.9 cm³/mol. The van der Waals surface area contributed by atoms with Gasteiger partial charge in [0, 0.05) is 18.3 Å². The molecule has 1 fully saturated rings. The second-order valence-corrected chi connectivity index (χ2v) is 7.94. The van der Waals surface area contributed by atoms with Gasteiger partial charge in [0.2, 0.25) is 11.8 Å². The minimum atomic E-state index is -3.95. The van der Waals surface area contributed by atoms with E-state index in [9.17, 15) is 18.0 Å². The summed E-state index contributed by atoms with van der Waals surface area (Å²) in [5, 5.41) is 2.41. The Morgan fingerprint density at radius 3 is 2.58 bits per heavy atom. The van der Waals surface area contributed by atoms with Gasteiger partial charge < -0.3 is 5.73 Å². The number of nitrogen functional groups attached to an aromatic ring is 1. The lowest BCUT2D eigenvalue weighted by atomic mass is 9.98. The van der Waals surface area contributed by atoms with Crippen LogP contribution in [0.4, 0.5) is 11.5 Å². The van der Waals surface area contributed by atoms with Gasteiger partial charge in [0.25, 0.3) is 10.0 Å². The van der Waals surface area contributed by atoms with Gasteiger partial charge in [-0.05, 0) is 30.2 Å². The van der Waals surface area contributed by atoms with Crippen LogP contribution in [-0.2, 0) is 26.0 Å². The van der Waals surface area contributed by atoms with E-state index in [-0.39, 0.29) is 34.0 Å². The van der Waals surface area contributed by atoms with Crippen molar-refractivity contribution < 1.29 is 18.0 Å². The van der Waals surface area contributed by atoms with Crippen LogP contribution in [0.25, 0.3) is 0 Å². The molecule has 1 atom stereocenters. The average Bonchev–Trinajstić information content (AvgIpc) is 2.88. The van der Waals surface area contributed by atoms with E-state index in [1.807, 2.05) is 0 Å². The third kappa shape index (κ3) is 3.94. The van der Waals surface area contributed by atoms with Crippen molar-refractivity contribution in [2.45, 2.75) is 17.7 Å². The van der Waals surface area contributed by atoms with Gasteiger partial charge in [-0.3, -0.25) is 19.6 Å². The topological polar surface area (TPSA) is 131 Å². The van der Waals surface area contributed by atoms with E-state index in [0.717, 1.165) is 5.56 Å². The molecule has 4 N–H and O–H groups in total. The molecule has 0 saturated carbocycles. The number of carbonyl (C=O) groups excluding carboxylic acids is 2. The molecule has 0 bridgehead atoms. The van der Waals surface area contributed by atoms with Crippen LogP contribution < -0.4 is 15.8 Å². The van der Waals surface area contributed by atoms with Crippen molar-refractivity contribution >= 4 is 44.9 Å². The summed E-state index contributed by atoms with van der Waals surface area (Å²) in [6.45, 7) is 0. The van der Waals surface area contributed by atoms with E-state index in [1.165, 1.54) is 12.3 Å². The summed E-state index contributed by atoms with van der Waals surface area (Å²) >= 11 is 5.78. The van der Waals surface area contributed by atoms with Crippen molar-refractivity contribution in [3.05, 3.63) is 47.1 Å². The number of hydrogen-bond donors (Lipinski definition) is 3. The van der Waals surface area contributed by atoms with Crippen molar-refractivity contribution in [3.63, 3.8) is 0 Å². The van der Waals surface area contributed by atoms with E-state index < -0.39 is 15.9 Å². The quantitative estimate of drug-likeness (QED) is 0.655. The van der Waals surface area contributed by atoms with Gasteiger partial charge in [-0.25, -0.2) is 13.4 Å². The SMILES string of the molecule is Nc1ncc(Cl)cc1S(=O)(=O)Nc1ccc(CC2CC(=O)NC2=O)cc1. The highest BCUT2D eigenvalue weighted by Gasteiger charge is 2.30. The number of pyridine rings is 1. The molecule has 1 unspecified atom stereocenters. The van der Waals surface area contributed by atoms with E-state index in [2.05, 4.69) is 15.0 Å². The summed E-state index contributed by atoms with van der Waals surface area (Å²) in [5.41, 5.74) is 6.75. The Bertz CT molecular complexity index is 976. The Hall–Kier alpha value is -2.65. The number of benzene rings is 1. The molecule has 10 heteroatoms. The molecule has 1 aromatic carbocycles. The fraction of sp³-hybridized carbons (Fsp3) is 0.188. The number of rotatable bonds is 5. The zero-order valence-electron chi connectivity index (χ0n) is 13.4. The molecule has 0 radical (unpaired) electrons.